The van der Waals surface area contributed by atoms with E-state index in [0.717, 1.165) is 5.56 Å². The maximum atomic E-state index is 12.4. The molecule has 2 N–H and O–H groups in total. The van der Waals surface area contributed by atoms with Gasteiger partial charge in [-0.25, -0.2) is 4.79 Å². The third-order valence-electron chi connectivity index (χ3n) is 4.74. The number of benzene rings is 2. The molecule has 0 aliphatic heterocycles. The molecule has 27 heavy (non-hydrogen) atoms. The number of carboxylic acids is 1. The Morgan fingerprint density at radius 1 is 1.15 bits per heavy atom. The van der Waals surface area contributed by atoms with Gasteiger partial charge in [-0.2, -0.15) is 0 Å². The minimum atomic E-state index is -1.26. The first-order valence-corrected chi connectivity index (χ1v) is 8.51. The van der Waals surface area contributed by atoms with Gasteiger partial charge in [0.25, 0.3) is 0 Å². The quantitative estimate of drug-likeness (QED) is 0.735. The average molecular weight is 367 g/mol. The van der Waals surface area contributed by atoms with E-state index < -0.39 is 17.4 Å². The number of carbonyl (C=O) groups is 2. The van der Waals surface area contributed by atoms with Crippen LogP contribution in [0, 0.1) is 0 Å². The largest absolute Gasteiger partial charge is 0.497 e. The number of nitrogens with one attached hydrogen (secondary N) is 1. The van der Waals surface area contributed by atoms with E-state index in [0.29, 0.717) is 23.5 Å². The number of hydrogen-bond acceptors (Lipinski definition) is 4. The van der Waals surface area contributed by atoms with Crippen molar-refractivity contribution >= 4 is 18.0 Å². The highest BCUT2D eigenvalue weighted by Gasteiger charge is 2.62. The van der Waals surface area contributed by atoms with Gasteiger partial charge in [0.05, 0.1) is 14.2 Å². The van der Waals surface area contributed by atoms with Crippen LogP contribution in [0.5, 0.6) is 11.5 Å². The zero-order chi connectivity index (χ0) is 19.4. The lowest BCUT2D eigenvalue weighted by molar-refractivity contribution is -0.142. The topological polar surface area (TPSA) is 84.9 Å². The van der Waals surface area contributed by atoms with E-state index in [2.05, 4.69) is 5.32 Å². The van der Waals surface area contributed by atoms with Crippen LogP contribution in [0.1, 0.15) is 23.5 Å². The summed E-state index contributed by atoms with van der Waals surface area (Å²) in [7, 11) is 3.09. The summed E-state index contributed by atoms with van der Waals surface area (Å²) in [5, 5.41) is 12.3. The van der Waals surface area contributed by atoms with E-state index in [4.69, 9.17) is 9.47 Å². The van der Waals surface area contributed by atoms with Crippen molar-refractivity contribution in [1.29, 1.82) is 0 Å². The molecule has 0 heterocycles. The van der Waals surface area contributed by atoms with E-state index in [1.165, 1.54) is 13.2 Å². The van der Waals surface area contributed by atoms with Gasteiger partial charge in [-0.05, 0) is 36.3 Å². The van der Waals surface area contributed by atoms with Gasteiger partial charge in [-0.1, -0.05) is 30.3 Å². The van der Waals surface area contributed by atoms with Gasteiger partial charge in [0.1, 0.15) is 17.0 Å². The SMILES string of the molecule is COc1ccc(OC)c(/C=C/C(=O)NC2(C(=O)O)CC2c2ccccc2)c1. The van der Waals surface area contributed by atoms with Crippen molar-refractivity contribution in [2.75, 3.05) is 14.2 Å². The van der Waals surface area contributed by atoms with Crippen molar-refractivity contribution in [3.63, 3.8) is 0 Å². The molecule has 6 nitrogen and oxygen atoms in total. The lowest BCUT2D eigenvalue weighted by Crippen LogP contribution is -2.43. The molecule has 1 aliphatic rings. The van der Waals surface area contributed by atoms with Gasteiger partial charge in [0.2, 0.25) is 5.91 Å². The molecule has 140 valence electrons. The summed E-state index contributed by atoms with van der Waals surface area (Å²) in [6.07, 6.45) is 3.25. The van der Waals surface area contributed by atoms with E-state index >= 15 is 0 Å². The summed E-state index contributed by atoms with van der Waals surface area (Å²) >= 11 is 0. The molecular formula is C21H21NO5. The maximum Gasteiger partial charge on any atom is 0.330 e. The predicted molar refractivity (Wildman–Crippen MR) is 101 cm³/mol. The summed E-state index contributed by atoms with van der Waals surface area (Å²) < 4.78 is 10.4. The molecule has 0 bridgehead atoms. The monoisotopic (exact) mass is 367 g/mol. The van der Waals surface area contributed by atoms with Crippen LogP contribution in [0.2, 0.25) is 0 Å². The average Bonchev–Trinajstić information content (AvgIpc) is 3.42. The molecule has 1 fully saturated rings. The van der Waals surface area contributed by atoms with E-state index in [1.807, 2.05) is 30.3 Å². The Labute approximate surface area is 157 Å². The summed E-state index contributed by atoms with van der Waals surface area (Å²) in [6.45, 7) is 0. The Bertz CT molecular complexity index is 877. The highest BCUT2D eigenvalue weighted by atomic mass is 16.5. The van der Waals surface area contributed by atoms with Gasteiger partial charge in [-0.15, -0.1) is 0 Å². The van der Waals surface area contributed by atoms with Crippen LogP contribution in [0.3, 0.4) is 0 Å². The number of carbonyl (C=O) groups excluding carboxylic acids is 1. The molecule has 0 aromatic heterocycles. The summed E-state index contributed by atoms with van der Waals surface area (Å²) in [4.78, 5) is 24.2. The number of amides is 1. The lowest BCUT2D eigenvalue weighted by Gasteiger charge is -2.14. The minimum absolute atomic E-state index is 0.236. The summed E-state index contributed by atoms with van der Waals surface area (Å²) in [6, 6.07) is 14.6. The Morgan fingerprint density at radius 3 is 2.52 bits per heavy atom. The predicted octanol–water partition coefficient (Wildman–Crippen LogP) is 2.84. The molecular weight excluding hydrogens is 346 g/mol. The van der Waals surface area contributed by atoms with Crippen molar-refractivity contribution < 1.29 is 24.2 Å². The van der Waals surface area contributed by atoms with Crippen molar-refractivity contribution in [2.45, 2.75) is 17.9 Å². The summed E-state index contributed by atoms with van der Waals surface area (Å²) in [5.74, 6) is -0.525. The second-order valence-electron chi connectivity index (χ2n) is 6.37. The molecule has 0 radical (unpaired) electrons. The Balaban J connectivity index is 1.75. The fraction of sp³-hybridized carbons (Fsp3) is 0.238. The zero-order valence-electron chi connectivity index (χ0n) is 15.1. The van der Waals surface area contributed by atoms with Crippen LogP contribution >= 0.6 is 0 Å². The van der Waals surface area contributed by atoms with Crippen LogP contribution in [0.15, 0.2) is 54.6 Å². The third-order valence-corrected chi connectivity index (χ3v) is 4.74. The molecule has 2 unspecified atom stereocenters. The van der Waals surface area contributed by atoms with E-state index in [9.17, 15) is 14.7 Å². The first-order valence-electron chi connectivity index (χ1n) is 8.51. The van der Waals surface area contributed by atoms with Crippen LogP contribution in [-0.4, -0.2) is 36.7 Å². The molecule has 1 saturated carbocycles. The molecule has 1 amide bonds. The molecule has 2 aromatic carbocycles. The smallest absolute Gasteiger partial charge is 0.330 e. The number of carboxylic acid groups (broad SMARTS) is 1. The van der Waals surface area contributed by atoms with Crippen LogP contribution in [-0.2, 0) is 9.59 Å². The molecule has 2 atom stereocenters. The third kappa shape index (κ3) is 3.79. The highest BCUT2D eigenvalue weighted by Crippen LogP contribution is 2.51. The first kappa shape index (κ1) is 18.5. The van der Waals surface area contributed by atoms with Crippen LogP contribution in [0.25, 0.3) is 6.08 Å². The van der Waals surface area contributed by atoms with Gasteiger partial charge >= 0.3 is 5.97 Å². The molecule has 1 aliphatic carbocycles. The molecule has 0 spiro atoms. The molecule has 6 heteroatoms. The van der Waals surface area contributed by atoms with Crippen molar-refractivity contribution in [1.82, 2.24) is 5.32 Å². The van der Waals surface area contributed by atoms with Crippen molar-refractivity contribution in [2.24, 2.45) is 0 Å². The van der Waals surface area contributed by atoms with Gasteiger partial charge < -0.3 is 19.9 Å². The van der Waals surface area contributed by atoms with Gasteiger partial charge in [0, 0.05) is 17.6 Å². The first-order chi connectivity index (χ1) is 13.0. The fourth-order valence-electron chi connectivity index (χ4n) is 3.18. The standard InChI is InChI=1S/C21H21NO5/c1-26-16-9-10-18(27-2)15(12-16)8-11-19(23)22-21(20(24)25)13-17(21)14-6-4-3-5-7-14/h3-12,17H,13H2,1-2H3,(H,22,23)(H,24,25)/b11-8+. The minimum Gasteiger partial charge on any atom is -0.497 e. The van der Waals surface area contributed by atoms with Gasteiger partial charge in [0.15, 0.2) is 0 Å². The molecule has 0 saturated heterocycles. The number of aliphatic carboxylic acids is 1. The fourth-order valence-corrected chi connectivity index (χ4v) is 3.18. The highest BCUT2D eigenvalue weighted by molar-refractivity contribution is 5.98. The van der Waals surface area contributed by atoms with Crippen LogP contribution < -0.4 is 14.8 Å². The van der Waals surface area contributed by atoms with E-state index in [1.54, 1.807) is 31.4 Å². The maximum absolute atomic E-state index is 12.4. The Kier molecular flexibility index (Phi) is 5.16. The second kappa shape index (κ2) is 7.53. The zero-order valence-corrected chi connectivity index (χ0v) is 15.1. The Hall–Kier alpha value is -3.28. The number of methoxy groups -OCH3 is 2. The Morgan fingerprint density at radius 2 is 1.89 bits per heavy atom. The number of hydrogen-bond donors (Lipinski definition) is 2. The molecule has 2 aromatic rings. The van der Waals surface area contributed by atoms with E-state index in [-0.39, 0.29) is 5.92 Å². The summed E-state index contributed by atoms with van der Waals surface area (Å²) in [5.41, 5.74) is 0.298. The van der Waals surface area contributed by atoms with Crippen molar-refractivity contribution in [3.05, 3.63) is 65.7 Å². The van der Waals surface area contributed by atoms with Crippen LogP contribution in [0.4, 0.5) is 0 Å². The lowest BCUT2D eigenvalue weighted by atomic mass is 10.1. The normalized spacial score (nSPS) is 20.9. The second-order valence-corrected chi connectivity index (χ2v) is 6.37. The van der Waals surface area contributed by atoms with Crippen molar-refractivity contribution in [3.8, 4) is 11.5 Å². The number of rotatable bonds is 7. The number of ether oxygens (including phenoxy) is 2. The van der Waals surface area contributed by atoms with Gasteiger partial charge in [-0.3, -0.25) is 4.79 Å². The molecule has 3 rings (SSSR count).